The lowest BCUT2D eigenvalue weighted by atomic mass is 10.1. The molecular formula is C23H29N3O. The molecule has 0 spiro atoms. The summed E-state index contributed by atoms with van der Waals surface area (Å²) in [5, 5.41) is 2.46. The molecule has 0 bridgehead atoms. The lowest BCUT2D eigenvalue weighted by Gasteiger charge is -2.35. The van der Waals surface area contributed by atoms with Crippen molar-refractivity contribution in [2.24, 2.45) is 0 Å². The SMILES string of the molecule is C.CCN1CCN(c2nc(-c3cccc(OC)c3)cc3ccccc23)CC1. The molecule has 0 aliphatic carbocycles. The van der Waals surface area contributed by atoms with Gasteiger partial charge in [-0.05, 0) is 30.1 Å². The van der Waals surface area contributed by atoms with Crippen LogP contribution in [0.15, 0.2) is 54.6 Å². The second-order valence-electron chi connectivity index (χ2n) is 6.71. The molecule has 1 fully saturated rings. The Morgan fingerprint density at radius 3 is 2.48 bits per heavy atom. The Hall–Kier alpha value is -2.59. The number of hydrogen-bond donors (Lipinski definition) is 0. The lowest BCUT2D eigenvalue weighted by molar-refractivity contribution is 0.271. The van der Waals surface area contributed by atoms with Gasteiger partial charge in [0, 0.05) is 37.1 Å². The smallest absolute Gasteiger partial charge is 0.137 e. The number of ether oxygens (including phenoxy) is 1. The van der Waals surface area contributed by atoms with Gasteiger partial charge in [-0.3, -0.25) is 0 Å². The molecule has 4 rings (SSSR count). The first kappa shape index (κ1) is 19.2. The van der Waals surface area contributed by atoms with Gasteiger partial charge in [0.2, 0.25) is 0 Å². The highest BCUT2D eigenvalue weighted by Crippen LogP contribution is 2.31. The van der Waals surface area contributed by atoms with Crippen LogP contribution in [0.2, 0.25) is 0 Å². The topological polar surface area (TPSA) is 28.6 Å². The van der Waals surface area contributed by atoms with Crippen molar-refractivity contribution in [3.63, 3.8) is 0 Å². The highest BCUT2D eigenvalue weighted by atomic mass is 16.5. The Labute approximate surface area is 162 Å². The van der Waals surface area contributed by atoms with Crippen molar-refractivity contribution in [1.29, 1.82) is 0 Å². The number of likely N-dealkylation sites (N-methyl/N-ethyl adjacent to an activating group) is 1. The van der Waals surface area contributed by atoms with Crippen molar-refractivity contribution in [3.05, 3.63) is 54.6 Å². The first-order valence-electron chi connectivity index (χ1n) is 9.30. The van der Waals surface area contributed by atoms with Crippen molar-refractivity contribution in [2.75, 3.05) is 44.7 Å². The third-order valence-corrected chi connectivity index (χ3v) is 5.20. The number of nitrogens with zero attached hydrogens (tertiary/aromatic N) is 3. The predicted molar refractivity (Wildman–Crippen MR) is 115 cm³/mol. The molecule has 2 heterocycles. The monoisotopic (exact) mass is 363 g/mol. The summed E-state index contributed by atoms with van der Waals surface area (Å²) in [6.45, 7) is 7.57. The van der Waals surface area contributed by atoms with Crippen LogP contribution in [0, 0.1) is 0 Å². The van der Waals surface area contributed by atoms with Gasteiger partial charge in [-0.15, -0.1) is 0 Å². The van der Waals surface area contributed by atoms with Crippen molar-refractivity contribution in [2.45, 2.75) is 14.4 Å². The summed E-state index contributed by atoms with van der Waals surface area (Å²) >= 11 is 0. The van der Waals surface area contributed by atoms with Crippen LogP contribution in [0.25, 0.3) is 22.0 Å². The van der Waals surface area contributed by atoms with E-state index in [0.29, 0.717) is 0 Å². The maximum Gasteiger partial charge on any atom is 0.137 e. The molecule has 1 saturated heterocycles. The van der Waals surface area contributed by atoms with Gasteiger partial charge in [0.25, 0.3) is 0 Å². The summed E-state index contributed by atoms with van der Waals surface area (Å²) in [6, 6.07) is 18.9. The number of rotatable bonds is 4. The van der Waals surface area contributed by atoms with E-state index in [4.69, 9.17) is 9.72 Å². The number of aromatic nitrogens is 1. The van der Waals surface area contributed by atoms with Crippen LogP contribution < -0.4 is 9.64 Å². The third kappa shape index (κ3) is 3.91. The zero-order valence-electron chi connectivity index (χ0n) is 15.5. The summed E-state index contributed by atoms with van der Waals surface area (Å²) in [5.74, 6) is 1.95. The number of piperazine rings is 1. The number of methoxy groups -OCH3 is 1. The van der Waals surface area contributed by atoms with E-state index in [2.05, 4.69) is 59.2 Å². The maximum absolute atomic E-state index is 5.39. The van der Waals surface area contributed by atoms with E-state index in [9.17, 15) is 0 Å². The summed E-state index contributed by atoms with van der Waals surface area (Å²) in [7, 11) is 1.70. The molecule has 27 heavy (non-hydrogen) atoms. The fourth-order valence-electron chi connectivity index (χ4n) is 3.63. The van der Waals surface area contributed by atoms with Crippen molar-refractivity contribution in [1.82, 2.24) is 9.88 Å². The Morgan fingerprint density at radius 2 is 1.74 bits per heavy atom. The largest absolute Gasteiger partial charge is 0.497 e. The van der Waals surface area contributed by atoms with Crippen LogP contribution in [0.4, 0.5) is 5.82 Å². The van der Waals surface area contributed by atoms with Gasteiger partial charge >= 0.3 is 0 Å². The van der Waals surface area contributed by atoms with Gasteiger partial charge in [-0.2, -0.15) is 0 Å². The minimum absolute atomic E-state index is 0. The van der Waals surface area contributed by atoms with Crippen LogP contribution in [0.1, 0.15) is 14.4 Å². The fourth-order valence-corrected chi connectivity index (χ4v) is 3.63. The molecule has 3 aromatic rings. The van der Waals surface area contributed by atoms with E-state index < -0.39 is 0 Å². The second-order valence-corrected chi connectivity index (χ2v) is 6.71. The van der Waals surface area contributed by atoms with Crippen molar-refractivity contribution >= 4 is 16.6 Å². The van der Waals surface area contributed by atoms with Crippen LogP contribution in [-0.4, -0.2) is 49.7 Å². The van der Waals surface area contributed by atoms with Gasteiger partial charge in [0.1, 0.15) is 11.6 Å². The maximum atomic E-state index is 5.39. The van der Waals surface area contributed by atoms with Crippen molar-refractivity contribution < 1.29 is 4.74 Å². The summed E-state index contributed by atoms with van der Waals surface area (Å²) < 4.78 is 5.39. The molecule has 2 aromatic carbocycles. The molecule has 0 atom stereocenters. The number of anilines is 1. The summed E-state index contributed by atoms with van der Waals surface area (Å²) in [4.78, 5) is 9.99. The van der Waals surface area contributed by atoms with E-state index in [1.54, 1.807) is 7.11 Å². The molecule has 0 unspecified atom stereocenters. The Morgan fingerprint density at radius 1 is 0.963 bits per heavy atom. The van der Waals surface area contributed by atoms with E-state index in [1.807, 2.05) is 12.1 Å². The average Bonchev–Trinajstić information content (AvgIpc) is 2.73. The van der Waals surface area contributed by atoms with Gasteiger partial charge in [0.15, 0.2) is 0 Å². The predicted octanol–water partition coefficient (Wildman–Crippen LogP) is 4.69. The number of benzene rings is 2. The van der Waals surface area contributed by atoms with E-state index >= 15 is 0 Å². The Balaban J connectivity index is 0.00000210. The molecule has 1 aliphatic heterocycles. The number of fused-ring (bicyclic) bond motifs is 1. The minimum atomic E-state index is 0. The normalized spacial score (nSPS) is 14.8. The van der Waals surface area contributed by atoms with Crippen LogP contribution in [0.3, 0.4) is 0 Å². The molecule has 4 heteroatoms. The highest BCUT2D eigenvalue weighted by Gasteiger charge is 2.19. The van der Waals surface area contributed by atoms with Gasteiger partial charge in [-0.1, -0.05) is 50.7 Å². The quantitative estimate of drug-likeness (QED) is 0.672. The van der Waals surface area contributed by atoms with E-state index in [0.717, 1.165) is 55.5 Å². The zero-order chi connectivity index (χ0) is 17.9. The van der Waals surface area contributed by atoms with E-state index in [-0.39, 0.29) is 7.43 Å². The highest BCUT2D eigenvalue weighted by molar-refractivity contribution is 5.95. The number of pyridine rings is 1. The zero-order valence-corrected chi connectivity index (χ0v) is 15.5. The van der Waals surface area contributed by atoms with Gasteiger partial charge < -0.3 is 14.5 Å². The minimum Gasteiger partial charge on any atom is -0.497 e. The summed E-state index contributed by atoms with van der Waals surface area (Å²) in [6.07, 6.45) is 0. The molecule has 0 radical (unpaired) electrons. The summed E-state index contributed by atoms with van der Waals surface area (Å²) in [5.41, 5.74) is 2.08. The lowest BCUT2D eigenvalue weighted by Crippen LogP contribution is -2.46. The van der Waals surface area contributed by atoms with Crippen LogP contribution in [-0.2, 0) is 0 Å². The van der Waals surface area contributed by atoms with Crippen LogP contribution in [0.5, 0.6) is 5.75 Å². The average molecular weight is 364 g/mol. The standard InChI is InChI=1S/C22H25N3O.CH4/c1-3-24-11-13-25(14-12-24)22-20-10-5-4-7-17(20)16-21(23-22)18-8-6-9-19(15-18)26-2;/h4-10,15-16H,3,11-14H2,1-2H3;1H4. The first-order chi connectivity index (χ1) is 12.8. The molecule has 4 nitrogen and oxygen atoms in total. The molecule has 0 N–H and O–H groups in total. The molecule has 142 valence electrons. The first-order valence-corrected chi connectivity index (χ1v) is 9.30. The number of hydrogen-bond acceptors (Lipinski definition) is 4. The molecule has 1 aliphatic rings. The Kier molecular flexibility index (Phi) is 5.97. The fraction of sp³-hybridized carbons (Fsp3) is 0.348. The molecular weight excluding hydrogens is 334 g/mol. The van der Waals surface area contributed by atoms with Crippen molar-refractivity contribution in [3.8, 4) is 17.0 Å². The molecule has 0 saturated carbocycles. The van der Waals surface area contributed by atoms with Gasteiger partial charge in [0.05, 0.1) is 12.8 Å². The second kappa shape index (κ2) is 8.40. The third-order valence-electron chi connectivity index (χ3n) is 5.20. The molecule has 0 amide bonds. The Bertz CT molecular complexity index is 901. The van der Waals surface area contributed by atoms with Crippen LogP contribution >= 0.6 is 0 Å². The van der Waals surface area contributed by atoms with Gasteiger partial charge in [-0.25, -0.2) is 4.98 Å². The van der Waals surface area contributed by atoms with E-state index in [1.165, 1.54) is 10.8 Å². The molecule has 1 aromatic heterocycles.